The lowest BCUT2D eigenvalue weighted by atomic mass is 10.1. The highest BCUT2D eigenvalue weighted by atomic mass is 19.4. The summed E-state index contributed by atoms with van der Waals surface area (Å²) in [6, 6.07) is 18.2. The second-order valence-corrected chi connectivity index (χ2v) is 6.99. The Hall–Kier alpha value is -3.68. The highest BCUT2D eigenvalue weighted by molar-refractivity contribution is 6.06. The van der Waals surface area contributed by atoms with E-state index in [1.165, 1.54) is 41.3 Å². The third kappa shape index (κ3) is 5.94. The molecule has 0 unspecified atom stereocenters. The summed E-state index contributed by atoms with van der Waals surface area (Å²) >= 11 is 0. The monoisotopic (exact) mass is 444 g/mol. The minimum Gasteiger partial charge on any atom is -0.352 e. The summed E-state index contributed by atoms with van der Waals surface area (Å²) in [7, 11) is 0. The standard InChI is InChI=1S/C24H20F4N2O2/c25-20-10-12-21(13-11-20)30(23(32)17-6-2-1-3-7-17)15-5-14-29-22(31)18-8-4-9-19(16-18)24(26,27)28/h1-4,6-13,16H,5,14-15H2,(H,29,31). The van der Waals surface area contributed by atoms with Crippen LogP contribution in [-0.4, -0.2) is 24.9 Å². The molecular formula is C24H20F4N2O2. The van der Waals surface area contributed by atoms with Crippen LogP contribution in [0.1, 0.15) is 32.7 Å². The van der Waals surface area contributed by atoms with Crippen molar-refractivity contribution >= 4 is 17.5 Å². The van der Waals surface area contributed by atoms with Gasteiger partial charge < -0.3 is 10.2 Å². The fourth-order valence-electron chi connectivity index (χ4n) is 3.08. The molecule has 0 saturated carbocycles. The van der Waals surface area contributed by atoms with E-state index in [1.54, 1.807) is 30.3 Å². The van der Waals surface area contributed by atoms with Crippen molar-refractivity contribution in [2.75, 3.05) is 18.0 Å². The number of hydrogen-bond donors (Lipinski definition) is 1. The Kier molecular flexibility index (Phi) is 7.25. The van der Waals surface area contributed by atoms with Gasteiger partial charge in [0, 0.05) is 29.9 Å². The normalized spacial score (nSPS) is 11.1. The fourth-order valence-corrected chi connectivity index (χ4v) is 3.08. The van der Waals surface area contributed by atoms with Crippen molar-refractivity contribution < 1.29 is 27.2 Å². The zero-order valence-corrected chi connectivity index (χ0v) is 16.9. The number of nitrogens with one attached hydrogen (secondary N) is 1. The molecule has 3 aromatic rings. The molecule has 0 aromatic heterocycles. The van der Waals surface area contributed by atoms with Gasteiger partial charge >= 0.3 is 6.18 Å². The molecule has 0 saturated heterocycles. The molecule has 1 N–H and O–H groups in total. The molecule has 3 aromatic carbocycles. The summed E-state index contributed by atoms with van der Waals surface area (Å²) in [6.07, 6.45) is -4.20. The Morgan fingerprint density at radius 1 is 0.844 bits per heavy atom. The third-order valence-corrected chi connectivity index (χ3v) is 4.70. The number of carbonyl (C=O) groups is 2. The maximum absolute atomic E-state index is 13.3. The minimum absolute atomic E-state index is 0.101. The molecule has 166 valence electrons. The summed E-state index contributed by atoms with van der Waals surface area (Å²) in [5.74, 6) is -1.37. The first-order valence-electron chi connectivity index (χ1n) is 9.83. The number of nitrogens with zero attached hydrogens (tertiary/aromatic N) is 1. The first-order valence-corrected chi connectivity index (χ1v) is 9.83. The molecule has 8 heteroatoms. The average Bonchev–Trinajstić information content (AvgIpc) is 2.79. The van der Waals surface area contributed by atoms with Crippen LogP contribution in [0.5, 0.6) is 0 Å². The Balaban J connectivity index is 1.65. The molecule has 0 aliphatic heterocycles. The molecule has 0 heterocycles. The van der Waals surface area contributed by atoms with Crippen molar-refractivity contribution in [2.45, 2.75) is 12.6 Å². The van der Waals surface area contributed by atoms with Crippen LogP contribution in [0.2, 0.25) is 0 Å². The van der Waals surface area contributed by atoms with Gasteiger partial charge in [-0.2, -0.15) is 13.2 Å². The Morgan fingerprint density at radius 3 is 2.16 bits per heavy atom. The van der Waals surface area contributed by atoms with E-state index in [9.17, 15) is 27.2 Å². The molecule has 0 spiro atoms. The fraction of sp³-hybridized carbons (Fsp3) is 0.167. The molecule has 3 rings (SSSR count). The van der Waals surface area contributed by atoms with E-state index in [0.29, 0.717) is 17.7 Å². The molecule has 4 nitrogen and oxygen atoms in total. The van der Waals surface area contributed by atoms with E-state index >= 15 is 0 Å². The number of anilines is 1. The van der Waals surface area contributed by atoms with Gasteiger partial charge in [0.2, 0.25) is 0 Å². The lowest BCUT2D eigenvalue weighted by molar-refractivity contribution is -0.137. The first kappa shape index (κ1) is 23.0. The van der Waals surface area contributed by atoms with E-state index in [4.69, 9.17) is 0 Å². The van der Waals surface area contributed by atoms with Gasteiger partial charge in [-0.05, 0) is 61.0 Å². The maximum atomic E-state index is 13.3. The third-order valence-electron chi connectivity index (χ3n) is 4.70. The summed E-state index contributed by atoms with van der Waals surface area (Å²) in [5, 5.41) is 2.57. The van der Waals surface area contributed by atoms with Crippen LogP contribution in [-0.2, 0) is 6.18 Å². The molecule has 0 bridgehead atoms. The van der Waals surface area contributed by atoms with E-state index in [1.807, 2.05) is 0 Å². The summed E-state index contributed by atoms with van der Waals surface area (Å²) in [6.45, 7) is 0.344. The van der Waals surface area contributed by atoms with Crippen molar-refractivity contribution in [3.8, 4) is 0 Å². The van der Waals surface area contributed by atoms with Gasteiger partial charge in [0.1, 0.15) is 5.82 Å². The number of carbonyl (C=O) groups excluding carboxylic acids is 2. The molecule has 0 radical (unpaired) electrons. The molecule has 0 fully saturated rings. The lowest BCUT2D eigenvalue weighted by Gasteiger charge is -2.23. The van der Waals surface area contributed by atoms with Gasteiger partial charge in [-0.15, -0.1) is 0 Å². The van der Waals surface area contributed by atoms with Crippen molar-refractivity contribution in [3.05, 3.63) is 101 Å². The molecule has 0 aliphatic carbocycles. The van der Waals surface area contributed by atoms with Gasteiger partial charge in [-0.3, -0.25) is 9.59 Å². The van der Waals surface area contributed by atoms with Crippen molar-refractivity contribution in [1.82, 2.24) is 5.32 Å². The van der Waals surface area contributed by atoms with Crippen LogP contribution in [0.3, 0.4) is 0 Å². The number of amides is 2. The second-order valence-electron chi connectivity index (χ2n) is 6.99. The molecule has 0 atom stereocenters. The van der Waals surface area contributed by atoms with Crippen LogP contribution in [0, 0.1) is 5.82 Å². The second kappa shape index (κ2) is 10.1. The van der Waals surface area contributed by atoms with Gasteiger partial charge in [-0.25, -0.2) is 4.39 Å². The Morgan fingerprint density at radius 2 is 1.50 bits per heavy atom. The average molecular weight is 444 g/mol. The summed E-state index contributed by atoms with van der Waals surface area (Å²) in [4.78, 5) is 26.6. The molecule has 2 amide bonds. The van der Waals surface area contributed by atoms with Gasteiger partial charge in [0.25, 0.3) is 11.8 Å². The quantitative estimate of drug-likeness (QED) is 0.397. The Labute approximate surface area is 182 Å². The largest absolute Gasteiger partial charge is 0.416 e. The zero-order chi connectivity index (χ0) is 23.1. The van der Waals surface area contributed by atoms with Crippen LogP contribution >= 0.6 is 0 Å². The molecule has 0 aliphatic rings. The summed E-state index contributed by atoms with van der Waals surface area (Å²) in [5.41, 5.74) is -0.0639. The minimum atomic E-state index is -4.54. The molecule has 32 heavy (non-hydrogen) atoms. The smallest absolute Gasteiger partial charge is 0.352 e. The maximum Gasteiger partial charge on any atom is 0.416 e. The van der Waals surface area contributed by atoms with Crippen molar-refractivity contribution in [3.63, 3.8) is 0 Å². The van der Waals surface area contributed by atoms with Gasteiger partial charge in [0.05, 0.1) is 5.56 Å². The van der Waals surface area contributed by atoms with Gasteiger partial charge in [-0.1, -0.05) is 24.3 Å². The van der Waals surface area contributed by atoms with Crippen LogP contribution < -0.4 is 10.2 Å². The predicted octanol–water partition coefficient (Wildman–Crippen LogP) is 5.31. The highest BCUT2D eigenvalue weighted by Gasteiger charge is 2.30. The van der Waals surface area contributed by atoms with Crippen LogP contribution in [0.15, 0.2) is 78.9 Å². The van der Waals surface area contributed by atoms with E-state index in [0.717, 1.165) is 12.1 Å². The first-order chi connectivity index (χ1) is 15.3. The van der Waals surface area contributed by atoms with Crippen LogP contribution in [0.25, 0.3) is 0 Å². The zero-order valence-electron chi connectivity index (χ0n) is 16.9. The van der Waals surface area contributed by atoms with Crippen LogP contribution in [0.4, 0.5) is 23.2 Å². The lowest BCUT2D eigenvalue weighted by Crippen LogP contribution is -2.34. The topological polar surface area (TPSA) is 49.4 Å². The van der Waals surface area contributed by atoms with Crippen molar-refractivity contribution in [1.29, 1.82) is 0 Å². The number of rotatable bonds is 7. The van der Waals surface area contributed by atoms with E-state index in [2.05, 4.69) is 5.32 Å². The number of halogens is 4. The van der Waals surface area contributed by atoms with Crippen molar-refractivity contribution in [2.24, 2.45) is 0 Å². The van der Waals surface area contributed by atoms with E-state index < -0.39 is 23.5 Å². The number of alkyl halides is 3. The SMILES string of the molecule is O=C(NCCCN(C(=O)c1ccccc1)c1ccc(F)cc1)c1cccc(C(F)(F)F)c1. The van der Waals surface area contributed by atoms with E-state index in [-0.39, 0.29) is 24.6 Å². The number of hydrogen-bond acceptors (Lipinski definition) is 2. The number of benzene rings is 3. The molecular weight excluding hydrogens is 424 g/mol. The summed E-state index contributed by atoms with van der Waals surface area (Å²) < 4.78 is 51.8. The Bertz CT molecular complexity index is 1070. The van der Waals surface area contributed by atoms with Gasteiger partial charge in [0.15, 0.2) is 0 Å². The highest BCUT2D eigenvalue weighted by Crippen LogP contribution is 2.29. The predicted molar refractivity (Wildman–Crippen MR) is 113 cm³/mol.